The lowest BCUT2D eigenvalue weighted by Crippen LogP contribution is -2.14. The van der Waals surface area contributed by atoms with E-state index in [0.717, 1.165) is 0 Å². The highest BCUT2D eigenvalue weighted by Crippen LogP contribution is 2.23. The number of hydrogen-bond acceptors (Lipinski definition) is 5. The summed E-state index contributed by atoms with van der Waals surface area (Å²) in [4.78, 5) is 23.2. The van der Waals surface area contributed by atoms with Crippen molar-refractivity contribution in [3.8, 4) is 5.75 Å². The number of ether oxygens (including phenoxy) is 1. The molecule has 0 atom stereocenters. The number of aromatic carboxylic acids is 1. The van der Waals surface area contributed by atoms with E-state index >= 15 is 0 Å². The molecule has 110 valence electrons. The SMILES string of the molecule is COc1ccc(C(=O)O)c(NC(=O)c2ccc(CN)o2)c1. The summed E-state index contributed by atoms with van der Waals surface area (Å²) in [6.45, 7) is 0.173. The summed E-state index contributed by atoms with van der Waals surface area (Å²) in [5.41, 5.74) is 5.47. The highest BCUT2D eigenvalue weighted by atomic mass is 16.5. The predicted octanol–water partition coefficient (Wildman–Crippen LogP) is 1.70. The molecule has 1 aromatic heterocycles. The van der Waals surface area contributed by atoms with Crippen molar-refractivity contribution in [2.45, 2.75) is 6.54 Å². The summed E-state index contributed by atoms with van der Waals surface area (Å²) in [6.07, 6.45) is 0. The quantitative estimate of drug-likeness (QED) is 0.772. The molecule has 0 aliphatic rings. The Morgan fingerprint density at radius 1 is 1.33 bits per heavy atom. The van der Waals surface area contributed by atoms with Crippen LogP contribution in [0.4, 0.5) is 5.69 Å². The van der Waals surface area contributed by atoms with Crippen LogP contribution in [0.15, 0.2) is 34.7 Å². The lowest BCUT2D eigenvalue weighted by atomic mass is 10.1. The van der Waals surface area contributed by atoms with Crippen LogP contribution in [0.3, 0.4) is 0 Å². The first-order valence-corrected chi connectivity index (χ1v) is 6.06. The number of nitrogens with two attached hydrogens (primary N) is 1. The van der Waals surface area contributed by atoms with E-state index in [1.165, 1.54) is 31.4 Å². The molecular formula is C14H14N2O5. The lowest BCUT2D eigenvalue weighted by molar-refractivity contribution is 0.0698. The molecule has 1 heterocycles. The van der Waals surface area contributed by atoms with Crippen LogP contribution in [-0.4, -0.2) is 24.1 Å². The first-order valence-electron chi connectivity index (χ1n) is 6.06. The third-order valence-electron chi connectivity index (χ3n) is 2.79. The summed E-state index contributed by atoms with van der Waals surface area (Å²) in [5, 5.41) is 11.6. The number of carbonyl (C=O) groups excluding carboxylic acids is 1. The van der Waals surface area contributed by atoms with E-state index in [2.05, 4.69) is 5.32 Å². The summed E-state index contributed by atoms with van der Waals surface area (Å²) >= 11 is 0. The van der Waals surface area contributed by atoms with Crippen LogP contribution < -0.4 is 15.8 Å². The molecule has 2 rings (SSSR count). The number of amides is 1. The number of benzene rings is 1. The van der Waals surface area contributed by atoms with Gasteiger partial charge in [0.25, 0.3) is 5.91 Å². The number of anilines is 1. The Bertz CT molecular complexity index is 678. The van der Waals surface area contributed by atoms with Crippen LogP contribution in [0.1, 0.15) is 26.7 Å². The van der Waals surface area contributed by atoms with Gasteiger partial charge in [-0.3, -0.25) is 4.79 Å². The zero-order chi connectivity index (χ0) is 15.4. The number of rotatable bonds is 5. The topological polar surface area (TPSA) is 115 Å². The van der Waals surface area contributed by atoms with Gasteiger partial charge < -0.3 is 25.3 Å². The van der Waals surface area contributed by atoms with Crippen LogP contribution in [0.2, 0.25) is 0 Å². The van der Waals surface area contributed by atoms with Gasteiger partial charge in [-0.25, -0.2) is 4.79 Å². The second-order valence-electron chi connectivity index (χ2n) is 4.14. The average Bonchev–Trinajstić information content (AvgIpc) is 2.95. The van der Waals surface area contributed by atoms with Gasteiger partial charge in [-0.2, -0.15) is 0 Å². The summed E-state index contributed by atoms with van der Waals surface area (Å²) in [7, 11) is 1.45. The molecule has 7 nitrogen and oxygen atoms in total. The molecule has 0 radical (unpaired) electrons. The zero-order valence-electron chi connectivity index (χ0n) is 11.3. The Hall–Kier alpha value is -2.80. The Morgan fingerprint density at radius 2 is 2.10 bits per heavy atom. The molecule has 0 aliphatic heterocycles. The van der Waals surface area contributed by atoms with Crippen molar-refractivity contribution in [1.82, 2.24) is 0 Å². The third kappa shape index (κ3) is 3.21. The molecule has 0 spiro atoms. The van der Waals surface area contributed by atoms with Crippen molar-refractivity contribution in [3.63, 3.8) is 0 Å². The van der Waals surface area contributed by atoms with Gasteiger partial charge in [-0.05, 0) is 24.3 Å². The van der Waals surface area contributed by atoms with E-state index in [-0.39, 0.29) is 23.6 Å². The van der Waals surface area contributed by atoms with Crippen molar-refractivity contribution >= 4 is 17.6 Å². The smallest absolute Gasteiger partial charge is 0.337 e. The van der Waals surface area contributed by atoms with E-state index in [1.54, 1.807) is 6.07 Å². The number of carboxylic acids is 1. The largest absolute Gasteiger partial charge is 0.497 e. The van der Waals surface area contributed by atoms with Crippen molar-refractivity contribution in [2.24, 2.45) is 5.73 Å². The first kappa shape index (κ1) is 14.6. The van der Waals surface area contributed by atoms with E-state index in [1.807, 2.05) is 0 Å². The molecule has 4 N–H and O–H groups in total. The summed E-state index contributed by atoms with van der Waals surface area (Å²) in [5.74, 6) is -0.781. The first-order chi connectivity index (χ1) is 10.0. The fraction of sp³-hybridized carbons (Fsp3) is 0.143. The normalized spacial score (nSPS) is 10.2. The standard InChI is InChI=1S/C14H14N2O5/c1-20-8-2-4-10(14(18)19)11(6-8)16-13(17)12-5-3-9(7-15)21-12/h2-6H,7,15H2,1H3,(H,16,17)(H,18,19). The molecule has 0 bridgehead atoms. The predicted molar refractivity (Wildman–Crippen MR) is 74.5 cm³/mol. The van der Waals surface area contributed by atoms with E-state index in [4.69, 9.17) is 20.0 Å². The monoisotopic (exact) mass is 290 g/mol. The third-order valence-corrected chi connectivity index (χ3v) is 2.79. The maximum absolute atomic E-state index is 12.0. The molecule has 0 saturated carbocycles. The Kier molecular flexibility index (Phi) is 4.24. The highest BCUT2D eigenvalue weighted by Gasteiger charge is 2.16. The molecule has 1 aromatic carbocycles. The van der Waals surface area contributed by atoms with E-state index in [0.29, 0.717) is 11.5 Å². The minimum Gasteiger partial charge on any atom is -0.497 e. The van der Waals surface area contributed by atoms with Crippen LogP contribution in [-0.2, 0) is 6.54 Å². The number of carbonyl (C=O) groups is 2. The van der Waals surface area contributed by atoms with Gasteiger partial charge in [0, 0.05) is 6.07 Å². The summed E-state index contributed by atoms with van der Waals surface area (Å²) < 4.78 is 10.2. The molecule has 7 heteroatoms. The van der Waals surface area contributed by atoms with Crippen LogP contribution >= 0.6 is 0 Å². The molecule has 0 fully saturated rings. The Balaban J connectivity index is 2.28. The van der Waals surface area contributed by atoms with Gasteiger partial charge in [0.2, 0.25) is 0 Å². The van der Waals surface area contributed by atoms with Crippen molar-refractivity contribution < 1.29 is 23.8 Å². The number of hydrogen-bond donors (Lipinski definition) is 3. The summed E-state index contributed by atoms with van der Waals surface area (Å²) in [6, 6.07) is 7.33. The lowest BCUT2D eigenvalue weighted by Gasteiger charge is -2.09. The Morgan fingerprint density at radius 3 is 2.67 bits per heavy atom. The molecule has 0 saturated heterocycles. The minimum absolute atomic E-state index is 0.0465. The van der Waals surface area contributed by atoms with Crippen molar-refractivity contribution in [3.05, 3.63) is 47.4 Å². The van der Waals surface area contributed by atoms with Gasteiger partial charge in [0.15, 0.2) is 5.76 Å². The maximum Gasteiger partial charge on any atom is 0.337 e. The molecule has 21 heavy (non-hydrogen) atoms. The van der Waals surface area contributed by atoms with E-state index in [9.17, 15) is 9.59 Å². The number of furan rings is 1. The second kappa shape index (κ2) is 6.10. The van der Waals surface area contributed by atoms with Gasteiger partial charge in [0.1, 0.15) is 11.5 Å². The van der Waals surface area contributed by atoms with Gasteiger partial charge >= 0.3 is 5.97 Å². The number of nitrogens with one attached hydrogen (secondary N) is 1. The Labute approximate surface area is 120 Å². The molecule has 2 aromatic rings. The van der Waals surface area contributed by atoms with Crippen molar-refractivity contribution in [1.29, 1.82) is 0 Å². The molecule has 0 unspecified atom stereocenters. The average molecular weight is 290 g/mol. The molecule has 1 amide bonds. The van der Waals surface area contributed by atoms with Crippen LogP contribution in [0.25, 0.3) is 0 Å². The van der Waals surface area contributed by atoms with Gasteiger partial charge in [-0.1, -0.05) is 0 Å². The van der Waals surface area contributed by atoms with Gasteiger partial charge in [-0.15, -0.1) is 0 Å². The number of methoxy groups -OCH3 is 1. The minimum atomic E-state index is -1.16. The van der Waals surface area contributed by atoms with E-state index < -0.39 is 11.9 Å². The maximum atomic E-state index is 12.0. The zero-order valence-corrected chi connectivity index (χ0v) is 11.3. The molecular weight excluding hydrogens is 276 g/mol. The fourth-order valence-corrected chi connectivity index (χ4v) is 1.73. The highest BCUT2D eigenvalue weighted by molar-refractivity contribution is 6.06. The van der Waals surface area contributed by atoms with Gasteiger partial charge in [0.05, 0.1) is 24.9 Å². The second-order valence-corrected chi connectivity index (χ2v) is 4.14. The molecule has 0 aliphatic carbocycles. The number of carboxylic acid groups (broad SMARTS) is 1. The fourth-order valence-electron chi connectivity index (χ4n) is 1.73. The van der Waals surface area contributed by atoms with Crippen LogP contribution in [0.5, 0.6) is 5.75 Å². The van der Waals surface area contributed by atoms with Crippen molar-refractivity contribution in [2.75, 3.05) is 12.4 Å². The van der Waals surface area contributed by atoms with Crippen LogP contribution in [0, 0.1) is 0 Å².